The van der Waals surface area contributed by atoms with Gasteiger partial charge in [-0.15, -0.1) is 0 Å². The second-order valence-electron chi connectivity index (χ2n) is 4.76. The summed E-state index contributed by atoms with van der Waals surface area (Å²) < 4.78 is 0. The minimum Gasteiger partial charge on any atom is -0.278 e. The van der Waals surface area contributed by atoms with Crippen LogP contribution in [0.4, 0.5) is 0 Å². The zero-order valence-electron chi connectivity index (χ0n) is 11.6. The van der Waals surface area contributed by atoms with Gasteiger partial charge in [0.2, 0.25) is 0 Å². The number of aromatic nitrogens is 1. The molecule has 102 valence electrons. The van der Waals surface area contributed by atoms with Crippen LogP contribution in [0.1, 0.15) is 22.9 Å². The zero-order valence-corrected chi connectivity index (χ0v) is 11.6. The molecule has 0 saturated heterocycles. The molecule has 0 unspecified atom stereocenters. The van der Waals surface area contributed by atoms with Gasteiger partial charge in [0.1, 0.15) is 0 Å². The number of pyridine rings is 1. The molecule has 2 heteroatoms. The molecule has 1 aromatic heterocycles. The summed E-state index contributed by atoms with van der Waals surface area (Å²) in [5.41, 5.74) is 3.22. The maximum absolute atomic E-state index is 4.75. The molecule has 0 aliphatic heterocycles. The van der Waals surface area contributed by atoms with Crippen molar-refractivity contribution >= 4 is 6.21 Å². The first kappa shape index (κ1) is 13.3. The molecule has 0 N–H and O–H groups in total. The summed E-state index contributed by atoms with van der Waals surface area (Å²) in [6, 6.07) is 26.5. The van der Waals surface area contributed by atoms with Gasteiger partial charge in [-0.25, -0.2) is 0 Å². The Morgan fingerprint density at radius 3 is 1.81 bits per heavy atom. The minimum absolute atomic E-state index is 0.00518. The van der Waals surface area contributed by atoms with Gasteiger partial charge in [0.05, 0.1) is 11.7 Å². The maximum Gasteiger partial charge on any atom is 0.1000 e. The van der Waals surface area contributed by atoms with Crippen molar-refractivity contribution in [3.63, 3.8) is 0 Å². The van der Waals surface area contributed by atoms with Gasteiger partial charge in [0, 0.05) is 12.4 Å². The Balaban J connectivity index is 1.96. The first-order valence-corrected chi connectivity index (χ1v) is 6.97. The molecular weight excluding hydrogens is 256 g/mol. The van der Waals surface area contributed by atoms with Crippen molar-refractivity contribution in [1.82, 2.24) is 4.98 Å². The highest BCUT2D eigenvalue weighted by Gasteiger charge is 2.11. The van der Waals surface area contributed by atoms with E-state index in [0.29, 0.717) is 0 Å². The first-order chi connectivity index (χ1) is 10.4. The molecule has 0 atom stereocenters. The average Bonchev–Trinajstić information content (AvgIpc) is 2.58. The van der Waals surface area contributed by atoms with Gasteiger partial charge >= 0.3 is 0 Å². The standard InChI is InChI=1S/C19H16N2/c1-3-9-16(10-4-1)19(17-11-5-2-6-12-17)21-15-18-13-7-8-14-20-18/h1-15,19H. The Bertz CT molecular complexity index is 652. The highest BCUT2D eigenvalue weighted by molar-refractivity contribution is 5.77. The van der Waals surface area contributed by atoms with E-state index in [-0.39, 0.29) is 6.04 Å². The van der Waals surface area contributed by atoms with Gasteiger partial charge < -0.3 is 0 Å². The SMILES string of the molecule is C(=NC(c1ccccc1)c1ccccc1)c1ccccn1. The van der Waals surface area contributed by atoms with Crippen molar-refractivity contribution < 1.29 is 0 Å². The van der Waals surface area contributed by atoms with Crippen LogP contribution in [0.15, 0.2) is 90.1 Å². The third-order valence-electron chi connectivity index (χ3n) is 3.27. The summed E-state index contributed by atoms with van der Waals surface area (Å²) >= 11 is 0. The van der Waals surface area contributed by atoms with Crippen LogP contribution in [-0.4, -0.2) is 11.2 Å². The summed E-state index contributed by atoms with van der Waals surface area (Å²) in [5.74, 6) is 0. The second-order valence-corrected chi connectivity index (χ2v) is 4.76. The topological polar surface area (TPSA) is 25.2 Å². The summed E-state index contributed by atoms with van der Waals surface area (Å²) in [6.45, 7) is 0. The molecule has 0 radical (unpaired) electrons. The number of hydrogen-bond donors (Lipinski definition) is 0. The fraction of sp³-hybridized carbons (Fsp3) is 0.0526. The fourth-order valence-electron chi connectivity index (χ4n) is 2.24. The van der Waals surface area contributed by atoms with E-state index < -0.39 is 0 Å². The second kappa shape index (κ2) is 6.62. The molecule has 0 saturated carbocycles. The summed E-state index contributed by atoms with van der Waals surface area (Å²) in [5, 5.41) is 0. The predicted octanol–water partition coefficient (Wildman–Crippen LogP) is 4.29. The first-order valence-electron chi connectivity index (χ1n) is 6.97. The van der Waals surface area contributed by atoms with E-state index in [2.05, 4.69) is 29.2 Å². The van der Waals surface area contributed by atoms with Crippen molar-refractivity contribution in [2.75, 3.05) is 0 Å². The fourth-order valence-corrected chi connectivity index (χ4v) is 2.24. The predicted molar refractivity (Wildman–Crippen MR) is 86.6 cm³/mol. The Morgan fingerprint density at radius 2 is 1.29 bits per heavy atom. The van der Waals surface area contributed by atoms with E-state index in [4.69, 9.17) is 4.99 Å². The van der Waals surface area contributed by atoms with Crippen molar-refractivity contribution in [1.29, 1.82) is 0 Å². The van der Waals surface area contributed by atoms with E-state index in [1.807, 2.05) is 60.8 Å². The molecule has 2 nitrogen and oxygen atoms in total. The Hall–Kier alpha value is -2.74. The molecule has 3 aromatic rings. The molecule has 0 bridgehead atoms. The number of rotatable bonds is 4. The average molecular weight is 272 g/mol. The zero-order chi connectivity index (χ0) is 14.3. The number of aliphatic imine (C=N–C) groups is 1. The quantitative estimate of drug-likeness (QED) is 0.650. The largest absolute Gasteiger partial charge is 0.278 e. The van der Waals surface area contributed by atoms with Crippen molar-refractivity contribution in [2.24, 2.45) is 4.99 Å². The molecule has 0 aliphatic rings. The van der Waals surface area contributed by atoms with Gasteiger partial charge in [-0.05, 0) is 23.3 Å². The molecule has 21 heavy (non-hydrogen) atoms. The molecule has 0 spiro atoms. The van der Waals surface area contributed by atoms with Crippen LogP contribution in [0.2, 0.25) is 0 Å². The van der Waals surface area contributed by atoms with Crippen LogP contribution in [0.5, 0.6) is 0 Å². The summed E-state index contributed by atoms with van der Waals surface area (Å²) in [7, 11) is 0. The molecule has 3 rings (SSSR count). The smallest absolute Gasteiger partial charge is 0.1000 e. The van der Waals surface area contributed by atoms with E-state index in [0.717, 1.165) is 5.69 Å². The van der Waals surface area contributed by atoms with Crippen molar-refractivity contribution in [2.45, 2.75) is 6.04 Å². The van der Waals surface area contributed by atoms with Crippen LogP contribution >= 0.6 is 0 Å². The lowest BCUT2D eigenvalue weighted by molar-refractivity contribution is 0.877. The third kappa shape index (κ3) is 3.42. The number of benzene rings is 2. The Kier molecular flexibility index (Phi) is 4.18. The van der Waals surface area contributed by atoms with E-state index in [9.17, 15) is 0 Å². The van der Waals surface area contributed by atoms with E-state index >= 15 is 0 Å². The molecule has 0 amide bonds. The van der Waals surface area contributed by atoms with Gasteiger partial charge in [0.15, 0.2) is 0 Å². The maximum atomic E-state index is 4.75. The lowest BCUT2D eigenvalue weighted by Gasteiger charge is -2.13. The Labute approximate surface area is 124 Å². The third-order valence-corrected chi connectivity index (χ3v) is 3.27. The van der Waals surface area contributed by atoms with Crippen LogP contribution in [-0.2, 0) is 0 Å². The highest BCUT2D eigenvalue weighted by atomic mass is 14.8. The number of hydrogen-bond acceptors (Lipinski definition) is 2. The van der Waals surface area contributed by atoms with Crippen LogP contribution in [0.3, 0.4) is 0 Å². The van der Waals surface area contributed by atoms with Crippen LogP contribution in [0.25, 0.3) is 0 Å². The number of nitrogens with zero attached hydrogens (tertiary/aromatic N) is 2. The summed E-state index contributed by atoms with van der Waals surface area (Å²) in [4.78, 5) is 9.04. The monoisotopic (exact) mass is 272 g/mol. The van der Waals surface area contributed by atoms with Crippen molar-refractivity contribution in [3.05, 3.63) is 102 Å². The highest BCUT2D eigenvalue weighted by Crippen LogP contribution is 2.25. The minimum atomic E-state index is -0.00518. The lowest BCUT2D eigenvalue weighted by atomic mass is 9.99. The van der Waals surface area contributed by atoms with Gasteiger partial charge in [0.25, 0.3) is 0 Å². The normalized spacial score (nSPS) is 11.1. The van der Waals surface area contributed by atoms with Gasteiger partial charge in [-0.3, -0.25) is 9.98 Å². The van der Waals surface area contributed by atoms with Gasteiger partial charge in [-0.2, -0.15) is 0 Å². The molecule has 2 aromatic carbocycles. The molecule has 1 heterocycles. The van der Waals surface area contributed by atoms with E-state index in [1.165, 1.54) is 11.1 Å². The van der Waals surface area contributed by atoms with E-state index in [1.54, 1.807) is 6.20 Å². The van der Waals surface area contributed by atoms with Crippen LogP contribution < -0.4 is 0 Å². The molecular formula is C19H16N2. The molecule has 0 aliphatic carbocycles. The molecule has 0 fully saturated rings. The van der Waals surface area contributed by atoms with Gasteiger partial charge in [-0.1, -0.05) is 66.7 Å². The van der Waals surface area contributed by atoms with Crippen LogP contribution in [0, 0.1) is 0 Å². The Morgan fingerprint density at radius 1 is 0.714 bits per heavy atom. The van der Waals surface area contributed by atoms with Crippen molar-refractivity contribution in [3.8, 4) is 0 Å². The summed E-state index contributed by atoms with van der Waals surface area (Å²) in [6.07, 6.45) is 3.62. The lowest BCUT2D eigenvalue weighted by Crippen LogP contribution is -1.99.